The first-order chi connectivity index (χ1) is 22.9. The Morgan fingerprint density at radius 1 is 0.521 bits per heavy atom. The first kappa shape index (κ1) is 32.8. The lowest BCUT2D eigenvalue weighted by molar-refractivity contribution is 0.231. The normalized spacial score (nSPS) is 16.2. The van der Waals surface area contributed by atoms with E-state index >= 15 is 0 Å². The van der Waals surface area contributed by atoms with Gasteiger partial charge in [-0.1, -0.05) is 35.4 Å². The van der Waals surface area contributed by atoms with E-state index in [4.69, 9.17) is 19.5 Å². The standard InChI is InChI=1S/C42H46N4O2/c1-23(2)47-37-17-15-35(45-37)41(39-27(7)19-25(5)20-28(39)8)33-13-11-31(43-33)32-12-14-34(44-32)42(36-16-18-38(46-36)48-24(3)4)40-29(9)21-26(6)22-30(40)10/h11-24,43-44H,1-10H3/b41-35+,42-36+. The number of nitrogens with zero attached hydrogens (tertiary/aromatic N) is 2. The summed E-state index contributed by atoms with van der Waals surface area (Å²) in [5.74, 6) is 1.27. The Labute approximate surface area is 284 Å². The Morgan fingerprint density at radius 2 is 0.875 bits per heavy atom. The average molecular weight is 639 g/mol. The largest absolute Gasteiger partial charge is 0.475 e. The van der Waals surface area contributed by atoms with E-state index in [1.165, 1.54) is 44.5 Å². The van der Waals surface area contributed by atoms with Crippen LogP contribution in [0.15, 0.2) is 94.2 Å². The van der Waals surface area contributed by atoms with Crippen molar-refractivity contribution >= 4 is 22.9 Å². The van der Waals surface area contributed by atoms with Crippen LogP contribution in [0.25, 0.3) is 22.5 Å². The zero-order valence-electron chi connectivity index (χ0n) is 29.8. The van der Waals surface area contributed by atoms with Crippen LogP contribution in [0.3, 0.4) is 0 Å². The molecule has 0 atom stereocenters. The molecule has 2 N–H and O–H groups in total. The van der Waals surface area contributed by atoms with Crippen LogP contribution >= 0.6 is 0 Å². The molecule has 0 radical (unpaired) electrons. The van der Waals surface area contributed by atoms with E-state index in [-0.39, 0.29) is 12.2 Å². The zero-order valence-corrected chi connectivity index (χ0v) is 29.8. The second-order valence-corrected chi connectivity index (χ2v) is 13.5. The Hall–Kier alpha value is -5.10. The molecule has 2 aromatic carbocycles. The molecule has 246 valence electrons. The summed E-state index contributed by atoms with van der Waals surface area (Å²) in [7, 11) is 0. The smallest absolute Gasteiger partial charge is 0.214 e. The molecule has 2 aliphatic heterocycles. The fourth-order valence-corrected chi connectivity index (χ4v) is 6.93. The lowest BCUT2D eigenvalue weighted by atomic mass is 9.90. The summed E-state index contributed by atoms with van der Waals surface area (Å²) < 4.78 is 11.9. The van der Waals surface area contributed by atoms with Crippen molar-refractivity contribution in [2.45, 2.75) is 81.4 Å². The number of aliphatic imine (C=N–C) groups is 2. The van der Waals surface area contributed by atoms with Crippen LogP contribution < -0.4 is 0 Å². The lowest BCUT2D eigenvalue weighted by Crippen LogP contribution is -2.07. The maximum atomic E-state index is 5.96. The third kappa shape index (κ3) is 6.66. The third-order valence-electron chi connectivity index (χ3n) is 8.51. The molecule has 0 unspecified atom stereocenters. The lowest BCUT2D eigenvalue weighted by Gasteiger charge is -2.16. The number of hydrogen-bond donors (Lipinski definition) is 2. The summed E-state index contributed by atoms with van der Waals surface area (Å²) in [6.45, 7) is 21.1. The monoisotopic (exact) mass is 638 g/mol. The van der Waals surface area contributed by atoms with Crippen LogP contribution in [0.4, 0.5) is 0 Å². The molecule has 0 saturated carbocycles. The SMILES string of the molecule is Cc1cc(C)c(/C(=C2\C=CC(OC(C)C)=N2)c2ccc(-c3ccc(/C(=C4/C=CC(OC(C)C)=N4)c4c(C)cc(C)cc4C)[nH]3)[nH]2)c(C)c1. The predicted molar refractivity (Wildman–Crippen MR) is 200 cm³/mol. The average Bonchev–Trinajstić information content (AvgIpc) is 3.80. The summed E-state index contributed by atoms with van der Waals surface area (Å²) in [4.78, 5) is 17.3. The van der Waals surface area contributed by atoms with E-state index < -0.39 is 0 Å². The van der Waals surface area contributed by atoms with Gasteiger partial charge in [0.15, 0.2) is 0 Å². The number of H-pyrrole nitrogens is 2. The number of allylic oxidation sites excluding steroid dienone is 2. The summed E-state index contributed by atoms with van der Waals surface area (Å²) in [6.07, 6.45) is 8.11. The van der Waals surface area contributed by atoms with Gasteiger partial charge >= 0.3 is 0 Å². The van der Waals surface area contributed by atoms with Crippen molar-refractivity contribution in [1.29, 1.82) is 0 Å². The number of aryl methyl sites for hydroxylation is 6. The molecule has 2 aromatic heterocycles. The second-order valence-electron chi connectivity index (χ2n) is 13.5. The molecule has 6 heteroatoms. The molecule has 6 nitrogen and oxygen atoms in total. The van der Waals surface area contributed by atoms with Gasteiger partial charge in [0.05, 0.1) is 35.0 Å². The van der Waals surface area contributed by atoms with Gasteiger partial charge in [-0.3, -0.25) is 0 Å². The van der Waals surface area contributed by atoms with E-state index in [9.17, 15) is 0 Å². The minimum atomic E-state index is 0.0466. The Morgan fingerprint density at radius 3 is 1.21 bits per heavy atom. The van der Waals surface area contributed by atoms with Gasteiger partial charge in [-0.15, -0.1) is 0 Å². The maximum Gasteiger partial charge on any atom is 0.214 e. The molecule has 0 fully saturated rings. The van der Waals surface area contributed by atoms with Crippen LogP contribution in [0, 0.1) is 41.5 Å². The van der Waals surface area contributed by atoms with E-state index in [1.807, 2.05) is 39.8 Å². The number of hydrogen-bond acceptors (Lipinski definition) is 4. The second kappa shape index (κ2) is 13.2. The van der Waals surface area contributed by atoms with Gasteiger partial charge in [0.2, 0.25) is 11.8 Å². The van der Waals surface area contributed by atoms with Crippen molar-refractivity contribution in [3.8, 4) is 11.4 Å². The molecule has 48 heavy (non-hydrogen) atoms. The van der Waals surface area contributed by atoms with Gasteiger partial charge in [0.25, 0.3) is 0 Å². The Bertz CT molecular complexity index is 1890. The first-order valence-corrected chi connectivity index (χ1v) is 16.8. The molecule has 0 spiro atoms. The molecule has 2 aliphatic rings. The van der Waals surface area contributed by atoms with Crippen LogP contribution in [-0.4, -0.2) is 34.0 Å². The van der Waals surface area contributed by atoms with Crippen LogP contribution in [0.5, 0.6) is 0 Å². The highest BCUT2D eigenvalue weighted by molar-refractivity contribution is 5.98. The van der Waals surface area contributed by atoms with Crippen LogP contribution in [-0.2, 0) is 9.47 Å². The van der Waals surface area contributed by atoms with Gasteiger partial charge in [-0.05, 0) is 139 Å². The fraction of sp³-hybridized carbons (Fsp3) is 0.286. The molecule has 0 aliphatic carbocycles. The third-order valence-corrected chi connectivity index (χ3v) is 8.51. The highest BCUT2D eigenvalue weighted by Crippen LogP contribution is 2.38. The summed E-state index contributed by atoms with van der Waals surface area (Å²) in [5.41, 5.74) is 17.5. The number of aromatic nitrogens is 2. The molecule has 4 aromatic rings. The van der Waals surface area contributed by atoms with Crippen molar-refractivity contribution in [2.75, 3.05) is 0 Å². The van der Waals surface area contributed by atoms with E-state index in [0.717, 1.165) is 45.3 Å². The minimum Gasteiger partial charge on any atom is -0.475 e. The Kier molecular flexibility index (Phi) is 9.02. The van der Waals surface area contributed by atoms with E-state index in [2.05, 4.69) is 112 Å². The van der Waals surface area contributed by atoms with Gasteiger partial charge in [0, 0.05) is 34.7 Å². The number of aromatic amines is 2. The molecule has 0 amide bonds. The molecule has 6 rings (SSSR count). The van der Waals surface area contributed by atoms with E-state index in [1.54, 1.807) is 0 Å². The summed E-state index contributed by atoms with van der Waals surface area (Å²) >= 11 is 0. The fourth-order valence-electron chi connectivity index (χ4n) is 6.93. The quantitative estimate of drug-likeness (QED) is 0.211. The molecular formula is C42H46N4O2. The predicted octanol–water partition coefficient (Wildman–Crippen LogP) is 10.2. The highest BCUT2D eigenvalue weighted by atomic mass is 16.5. The number of nitrogens with one attached hydrogen (secondary N) is 2. The van der Waals surface area contributed by atoms with Crippen molar-refractivity contribution < 1.29 is 9.47 Å². The van der Waals surface area contributed by atoms with Crippen LogP contribution in [0.2, 0.25) is 0 Å². The minimum absolute atomic E-state index is 0.0466. The van der Waals surface area contributed by atoms with Crippen molar-refractivity contribution in [3.05, 3.63) is 140 Å². The van der Waals surface area contributed by atoms with Crippen LogP contribution in [0.1, 0.15) is 83.6 Å². The first-order valence-electron chi connectivity index (χ1n) is 16.8. The number of benzene rings is 2. The number of ether oxygens (including phenoxy) is 2. The maximum absolute atomic E-state index is 5.96. The zero-order chi connectivity index (χ0) is 34.3. The highest BCUT2D eigenvalue weighted by Gasteiger charge is 2.23. The summed E-state index contributed by atoms with van der Waals surface area (Å²) in [6, 6.07) is 17.5. The van der Waals surface area contributed by atoms with Crippen molar-refractivity contribution in [3.63, 3.8) is 0 Å². The summed E-state index contributed by atoms with van der Waals surface area (Å²) in [5, 5.41) is 0. The number of rotatable bonds is 7. The van der Waals surface area contributed by atoms with Gasteiger partial charge in [-0.25, -0.2) is 9.98 Å². The van der Waals surface area contributed by atoms with Crippen molar-refractivity contribution in [1.82, 2.24) is 9.97 Å². The van der Waals surface area contributed by atoms with E-state index in [0.29, 0.717) is 11.8 Å². The van der Waals surface area contributed by atoms with Gasteiger partial charge < -0.3 is 19.4 Å². The molecule has 0 saturated heterocycles. The van der Waals surface area contributed by atoms with Crippen molar-refractivity contribution in [2.24, 2.45) is 9.98 Å². The molecular weight excluding hydrogens is 592 g/mol. The molecule has 0 bridgehead atoms. The Balaban J connectivity index is 1.46. The topological polar surface area (TPSA) is 74.8 Å². The van der Waals surface area contributed by atoms with Gasteiger partial charge in [-0.2, -0.15) is 0 Å². The molecule has 4 heterocycles. The van der Waals surface area contributed by atoms with Gasteiger partial charge in [0.1, 0.15) is 0 Å².